The number of amides is 1. The Kier molecular flexibility index (Phi) is 6.64. The second-order valence-electron chi connectivity index (χ2n) is 7.69. The number of nitrogens with one attached hydrogen (secondary N) is 2. The molecule has 23 heavy (non-hydrogen) atoms. The van der Waals surface area contributed by atoms with E-state index in [9.17, 15) is 4.79 Å². The van der Waals surface area contributed by atoms with Gasteiger partial charge in [0.15, 0.2) is 0 Å². The number of hydrogen-bond acceptors (Lipinski definition) is 2. The van der Waals surface area contributed by atoms with Gasteiger partial charge in [0.05, 0.1) is 0 Å². The molecule has 0 aliphatic carbocycles. The third kappa shape index (κ3) is 6.34. The molecule has 0 radical (unpaired) electrons. The Morgan fingerprint density at radius 1 is 1.26 bits per heavy atom. The Morgan fingerprint density at radius 3 is 2.57 bits per heavy atom. The van der Waals surface area contributed by atoms with Crippen LogP contribution in [0.2, 0.25) is 0 Å². The number of aryl methyl sites for hydroxylation is 1. The largest absolute Gasteiger partial charge is 0.351 e. The summed E-state index contributed by atoms with van der Waals surface area (Å²) in [4.78, 5) is 12.4. The molecule has 1 amide bonds. The monoisotopic (exact) mass is 316 g/mol. The highest BCUT2D eigenvalue weighted by Crippen LogP contribution is 2.24. The van der Waals surface area contributed by atoms with Gasteiger partial charge in [-0.25, -0.2) is 0 Å². The molecule has 0 spiro atoms. The molecule has 1 unspecified atom stereocenters. The van der Waals surface area contributed by atoms with Crippen molar-refractivity contribution in [2.24, 2.45) is 11.8 Å². The Morgan fingerprint density at radius 2 is 1.91 bits per heavy atom. The predicted octanol–water partition coefficient (Wildman–Crippen LogP) is 3.54. The van der Waals surface area contributed by atoms with Gasteiger partial charge in [-0.15, -0.1) is 0 Å². The number of benzene rings is 1. The van der Waals surface area contributed by atoms with Crippen molar-refractivity contribution in [3.8, 4) is 0 Å². The van der Waals surface area contributed by atoms with Crippen LogP contribution in [0.1, 0.15) is 52.0 Å². The van der Waals surface area contributed by atoms with Crippen LogP contribution in [0.3, 0.4) is 0 Å². The smallest absolute Gasteiger partial charge is 0.220 e. The highest BCUT2D eigenvalue weighted by molar-refractivity contribution is 5.76. The lowest BCUT2D eigenvalue weighted by atomic mass is 9.83. The fourth-order valence-corrected chi connectivity index (χ4v) is 3.46. The van der Waals surface area contributed by atoms with E-state index in [0.717, 1.165) is 25.9 Å². The quantitative estimate of drug-likeness (QED) is 0.808. The minimum absolute atomic E-state index is 0.152. The molecule has 3 nitrogen and oxygen atoms in total. The van der Waals surface area contributed by atoms with E-state index in [0.29, 0.717) is 18.3 Å². The molecule has 128 valence electrons. The van der Waals surface area contributed by atoms with Crippen molar-refractivity contribution in [1.82, 2.24) is 10.6 Å². The van der Waals surface area contributed by atoms with Crippen LogP contribution in [0.4, 0.5) is 0 Å². The first kappa shape index (κ1) is 18.0. The maximum absolute atomic E-state index is 12.4. The summed E-state index contributed by atoms with van der Waals surface area (Å²) in [6.07, 6.45) is 5.01. The van der Waals surface area contributed by atoms with Gasteiger partial charge in [0.25, 0.3) is 0 Å². The number of rotatable bonds is 7. The van der Waals surface area contributed by atoms with E-state index >= 15 is 0 Å². The zero-order valence-corrected chi connectivity index (χ0v) is 14.9. The summed E-state index contributed by atoms with van der Waals surface area (Å²) >= 11 is 0. The minimum atomic E-state index is -0.152. The van der Waals surface area contributed by atoms with E-state index < -0.39 is 0 Å². The van der Waals surface area contributed by atoms with Crippen molar-refractivity contribution >= 4 is 5.91 Å². The van der Waals surface area contributed by atoms with E-state index in [-0.39, 0.29) is 11.4 Å². The van der Waals surface area contributed by atoms with Gasteiger partial charge in [0.2, 0.25) is 5.91 Å². The molecule has 1 aliphatic heterocycles. The molecule has 1 aliphatic rings. The van der Waals surface area contributed by atoms with Crippen LogP contribution in [-0.4, -0.2) is 24.5 Å². The van der Waals surface area contributed by atoms with Gasteiger partial charge in [-0.05, 0) is 70.0 Å². The Labute approximate surface area is 141 Å². The average molecular weight is 316 g/mol. The Balaban J connectivity index is 1.76. The van der Waals surface area contributed by atoms with Crippen molar-refractivity contribution < 1.29 is 4.79 Å². The topological polar surface area (TPSA) is 41.1 Å². The zero-order valence-electron chi connectivity index (χ0n) is 14.9. The number of piperidine rings is 1. The van der Waals surface area contributed by atoms with Gasteiger partial charge < -0.3 is 10.6 Å². The van der Waals surface area contributed by atoms with Crippen molar-refractivity contribution in [2.45, 2.75) is 58.4 Å². The zero-order chi connectivity index (χ0) is 16.7. The first-order valence-electron chi connectivity index (χ1n) is 9.02. The number of carbonyl (C=O) groups is 1. The molecule has 1 fully saturated rings. The van der Waals surface area contributed by atoms with Crippen LogP contribution >= 0.6 is 0 Å². The first-order chi connectivity index (χ1) is 11.0. The van der Waals surface area contributed by atoms with Crippen LogP contribution in [0.15, 0.2) is 30.3 Å². The third-order valence-electron chi connectivity index (χ3n) is 5.06. The summed E-state index contributed by atoms with van der Waals surface area (Å²) < 4.78 is 0. The molecule has 0 saturated carbocycles. The lowest BCUT2D eigenvalue weighted by Gasteiger charge is -2.30. The molecule has 1 heterocycles. The molecule has 1 saturated heterocycles. The second-order valence-corrected chi connectivity index (χ2v) is 7.69. The maximum Gasteiger partial charge on any atom is 0.220 e. The van der Waals surface area contributed by atoms with Crippen molar-refractivity contribution in [3.63, 3.8) is 0 Å². The molecule has 2 N–H and O–H groups in total. The van der Waals surface area contributed by atoms with Gasteiger partial charge in [-0.3, -0.25) is 4.79 Å². The summed E-state index contributed by atoms with van der Waals surface area (Å²) in [5, 5.41) is 6.63. The standard InChI is InChI=1S/C20H32N2O/c1-16(18-10-13-21-14-11-18)15-19(23)22-20(2,3)12-9-17-7-5-4-6-8-17/h4-8,16,18,21H,9-15H2,1-3H3,(H,22,23). The molecule has 2 rings (SSSR count). The highest BCUT2D eigenvalue weighted by Gasteiger charge is 2.25. The molecule has 0 bridgehead atoms. The van der Waals surface area contributed by atoms with Gasteiger partial charge in [-0.2, -0.15) is 0 Å². The van der Waals surface area contributed by atoms with Gasteiger partial charge in [-0.1, -0.05) is 37.3 Å². The van der Waals surface area contributed by atoms with Crippen LogP contribution < -0.4 is 10.6 Å². The van der Waals surface area contributed by atoms with Crippen LogP contribution in [0.5, 0.6) is 0 Å². The summed E-state index contributed by atoms with van der Waals surface area (Å²) in [6, 6.07) is 10.5. The Bertz CT molecular complexity index is 478. The summed E-state index contributed by atoms with van der Waals surface area (Å²) in [5.74, 6) is 1.37. The minimum Gasteiger partial charge on any atom is -0.351 e. The van der Waals surface area contributed by atoms with Crippen LogP contribution in [-0.2, 0) is 11.2 Å². The lowest BCUT2D eigenvalue weighted by Crippen LogP contribution is -2.44. The van der Waals surface area contributed by atoms with Crippen molar-refractivity contribution in [2.75, 3.05) is 13.1 Å². The fraction of sp³-hybridized carbons (Fsp3) is 0.650. The van der Waals surface area contributed by atoms with Gasteiger partial charge in [0.1, 0.15) is 0 Å². The normalized spacial score (nSPS) is 17.7. The van der Waals surface area contributed by atoms with E-state index in [1.807, 2.05) is 6.07 Å². The van der Waals surface area contributed by atoms with Crippen LogP contribution in [0.25, 0.3) is 0 Å². The molecule has 1 atom stereocenters. The average Bonchev–Trinajstić information content (AvgIpc) is 2.54. The van der Waals surface area contributed by atoms with Crippen molar-refractivity contribution in [3.05, 3.63) is 35.9 Å². The lowest BCUT2D eigenvalue weighted by molar-refractivity contribution is -0.124. The van der Waals surface area contributed by atoms with Gasteiger partial charge >= 0.3 is 0 Å². The second kappa shape index (κ2) is 8.49. The predicted molar refractivity (Wildman–Crippen MR) is 96.4 cm³/mol. The van der Waals surface area contributed by atoms with E-state index in [1.165, 1.54) is 18.4 Å². The number of hydrogen-bond donors (Lipinski definition) is 2. The molecular formula is C20H32N2O. The van der Waals surface area contributed by atoms with E-state index in [1.54, 1.807) is 0 Å². The summed E-state index contributed by atoms with van der Waals surface area (Å²) in [7, 11) is 0. The molecule has 3 heteroatoms. The first-order valence-corrected chi connectivity index (χ1v) is 9.02. The van der Waals surface area contributed by atoms with Crippen LogP contribution in [0, 0.1) is 11.8 Å². The highest BCUT2D eigenvalue weighted by atomic mass is 16.1. The fourth-order valence-electron chi connectivity index (χ4n) is 3.46. The van der Waals surface area contributed by atoms with Crippen molar-refractivity contribution in [1.29, 1.82) is 0 Å². The van der Waals surface area contributed by atoms with E-state index in [2.05, 4.69) is 55.7 Å². The molecule has 1 aromatic carbocycles. The van der Waals surface area contributed by atoms with E-state index in [4.69, 9.17) is 0 Å². The Hall–Kier alpha value is -1.35. The number of carbonyl (C=O) groups excluding carboxylic acids is 1. The summed E-state index contributed by atoms with van der Waals surface area (Å²) in [6.45, 7) is 8.68. The van der Waals surface area contributed by atoms with Gasteiger partial charge in [0, 0.05) is 12.0 Å². The maximum atomic E-state index is 12.4. The SMILES string of the molecule is CC(CC(=O)NC(C)(C)CCc1ccccc1)C1CCNCC1. The molecule has 0 aromatic heterocycles. The molecule has 1 aromatic rings. The summed E-state index contributed by atoms with van der Waals surface area (Å²) in [5.41, 5.74) is 1.18. The molecular weight excluding hydrogens is 284 g/mol. The third-order valence-corrected chi connectivity index (χ3v) is 5.06.